The Morgan fingerprint density at radius 3 is 2.73 bits per heavy atom. The molecule has 2 aliphatic rings. The summed E-state index contributed by atoms with van der Waals surface area (Å²) in [5.41, 5.74) is 4.38. The molecule has 2 heterocycles. The molecule has 1 aliphatic carbocycles. The summed E-state index contributed by atoms with van der Waals surface area (Å²) in [7, 11) is 1.71. The van der Waals surface area contributed by atoms with E-state index >= 15 is 0 Å². The fraction of sp³-hybridized carbons (Fsp3) is 0.583. The number of nitrogens with zero attached hydrogens (tertiary/aromatic N) is 3. The summed E-state index contributed by atoms with van der Waals surface area (Å²) in [4.78, 5) is 0. The quantitative estimate of drug-likeness (QED) is 0.681. The van der Waals surface area contributed by atoms with Gasteiger partial charge in [0.1, 0.15) is 11.8 Å². The van der Waals surface area contributed by atoms with E-state index in [-0.39, 0.29) is 17.8 Å². The first-order chi connectivity index (χ1) is 14.4. The standard InChI is InChI=1S/C24H31N3O3/c1-17-5-6-19(10-9-18-7-8-18)11-20(17)12-22(28-4)21-13-27(26-25-21)14-23-29-15-24(2,3)16-30-23/h5-6,11,13,18,22-23H,7-8,12,14-16H2,1-4H3. The fourth-order valence-electron chi connectivity index (χ4n) is 3.43. The van der Waals surface area contributed by atoms with Gasteiger partial charge in [0.15, 0.2) is 6.29 Å². The summed E-state index contributed by atoms with van der Waals surface area (Å²) in [5, 5.41) is 8.60. The molecule has 1 saturated heterocycles. The van der Waals surface area contributed by atoms with Crippen LogP contribution in [-0.4, -0.2) is 41.6 Å². The van der Waals surface area contributed by atoms with Gasteiger partial charge in [-0.2, -0.15) is 0 Å². The monoisotopic (exact) mass is 409 g/mol. The highest BCUT2D eigenvalue weighted by Crippen LogP contribution is 2.28. The number of aryl methyl sites for hydroxylation is 1. The third-order valence-electron chi connectivity index (χ3n) is 5.58. The van der Waals surface area contributed by atoms with Gasteiger partial charge in [0.25, 0.3) is 0 Å². The first-order valence-corrected chi connectivity index (χ1v) is 10.7. The van der Waals surface area contributed by atoms with Crippen LogP contribution in [0.5, 0.6) is 0 Å². The second-order valence-corrected chi connectivity index (χ2v) is 9.19. The minimum absolute atomic E-state index is 0.0562. The molecule has 1 unspecified atom stereocenters. The highest BCUT2D eigenvalue weighted by molar-refractivity contribution is 5.41. The normalized spacial score (nSPS) is 19.9. The van der Waals surface area contributed by atoms with Crippen molar-refractivity contribution >= 4 is 0 Å². The van der Waals surface area contributed by atoms with Crippen molar-refractivity contribution in [3.8, 4) is 11.8 Å². The zero-order valence-corrected chi connectivity index (χ0v) is 18.4. The lowest BCUT2D eigenvalue weighted by molar-refractivity contribution is -0.227. The largest absolute Gasteiger partial charge is 0.375 e. The van der Waals surface area contributed by atoms with Crippen molar-refractivity contribution in [2.75, 3.05) is 20.3 Å². The van der Waals surface area contributed by atoms with Gasteiger partial charge in [-0.05, 0) is 43.0 Å². The van der Waals surface area contributed by atoms with Crippen LogP contribution >= 0.6 is 0 Å². The molecule has 0 amide bonds. The lowest BCUT2D eigenvalue weighted by Crippen LogP contribution is -2.39. The predicted molar refractivity (Wildman–Crippen MR) is 114 cm³/mol. The molecule has 1 atom stereocenters. The maximum atomic E-state index is 5.81. The van der Waals surface area contributed by atoms with E-state index in [4.69, 9.17) is 14.2 Å². The zero-order valence-electron chi connectivity index (χ0n) is 18.4. The van der Waals surface area contributed by atoms with Gasteiger partial charge in [0.2, 0.25) is 0 Å². The smallest absolute Gasteiger partial charge is 0.177 e. The maximum absolute atomic E-state index is 5.81. The molecule has 1 aromatic heterocycles. The summed E-state index contributed by atoms with van der Waals surface area (Å²) in [6.07, 6.45) is 4.66. The van der Waals surface area contributed by atoms with Crippen LogP contribution in [0.2, 0.25) is 0 Å². The van der Waals surface area contributed by atoms with E-state index in [2.05, 4.69) is 61.1 Å². The Labute approximate surface area is 178 Å². The lowest BCUT2D eigenvalue weighted by atomic mass is 9.96. The Bertz CT molecular complexity index is 927. The number of methoxy groups -OCH3 is 1. The molecule has 30 heavy (non-hydrogen) atoms. The molecule has 1 aromatic carbocycles. The predicted octanol–water partition coefficient (Wildman–Crippen LogP) is 3.68. The molecule has 2 aromatic rings. The molecule has 0 spiro atoms. The van der Waals surface area contributed by atoms with E-state index in [1.54, 1.807) is 11.8 Å². The minimum atomic E-state index is -0.294. The van der Waals surface area contributed by atoms with Crippen molar-refractivity contribution in [2.24, 2.45) is 11.3 Å². The lowest BCUT2D eigenvalue weighted by Gasteiger charge is -2.34. The van der Waals surface area contributed by atoms with Gasteiger partial charge < -0.3 is 14.2 Å². The van der Waals surface area contributed by atoms with Crippen LogP contribution in [-0.2, 0) is 27.2 Å². The molecule has 1 saturated carbocycles. The second-order valence-electron chi connectivity index (χ2n) is 9.19. The Kier molecular flexibility index (Phi) is 6.24. The number of hydrogen-bond donors (Lipinski definition) is 0. The highest BCUT2D eigenvalue weighted by Gasteiger charge is 2.29. The molecule has 2 fully saturated rings. The van der Waals surface area contributed by atoms with Gasteiger partial charge in [-0.15, -0.1) is 5.10 Å². The van der Waals surface area contributed by atoms with E-state index in [9.17, 15) is 0 Å². The molecule has 0 bridgehead atoms. The fourth-order valence-corrected chi connectivity index (χ4v) is 3.43. The zero-order chi connectivity index (χ0) is 21.1. The van der Waals surface area contributed by atoms with Crippen LogP contribution < -0.4 is 0 Å². The van der Waals surface area contributed by atoms with E-state index in [0.717, 1.165) is 17.7 Å². The number of ether oxygens (including phenoxy) is 3. The van der Waals surface area contributed by atoms with Gasteiger partial charge >= 0.3 is 0 Å². The van der Waals surface area contributed by atoms with Gasteiger partial charge in [-0.25, -0.2) is 4.68 Å². The molecule has 0 radical (unpaired) electrons. The van der Waals surface area contributed by atoms with Crippen LogP contribution in [0.25, 0.3) is 0 Å². The van der Waals surface area contributed by atoms with Crippen molar-refractivity contribution in [2.45, 2.75) is 59.0 Å². The molecule has 0 N–H and O–H groups in total. The van der Waals surface area contributed by atoms with Crippen molar-refractivity contribution in [3.63, 3.8) is 0 Å². The van der Waals surface area contributed by atoms with E-state index < -0.39 is 0 Å². The topological polar surface area (TPSA) is 58.4 Å². The SMILES string of the molecule is COC(Cc1cc(C#CC2CC2)ccc1C)c1cn(CC2OCC(C)(C)CO2)nn1. The Morgan fingerprint density at radius 1 is 1.27 bits per heavy atom. The van der Waals surface area contributed by atoms with Crippen LogP contribution in [0.15, 0.2) is 24.4 Å². The maximum Gasteiger partial charge on any atom is 0.177 e. The summed E-state index contributed by atoms with van der Waals surface area (Å²) in [6.45, 7) is 8.27. The van der Waals surface area contributed by atoms with Crippen molar-refractivity contribution in [3.05, 3.63) is 46.8 Å². The number of hydrogen-bond acceptors (Lipinski definition) is 5. The van der Waals surface area contributed by atoms with E-state index in [0.29, 0.717) is 25.7 Å². The third-order valence-corrected chi connectivity index (χ3v) is 5.58. The average Bonchev–Trinajstić information content (AvgIpc) is 3.45. The van der Waals surface area contributed by atoms with Gasteiger partial charge in [-0.3, -0.25) is 0 Å². The van der Waals surface area contributed by atoms with E-state index in [1.165, 1.54) is 24.0 Å². The van der Waals surface area contributed by atoms with Crippen LogP contribution in [0.3, 0.4) is 0 Å². The molecule has 4 rings (SSSR count). The van der Waals surface area contributed by atoms with Gasteiger partial charge in [0.05, 0.1) is 26.0 Å². The molecule has 1 aliphatic heterocycles. The first kappa shape index (κ1) is 21.0. The molecule has 6 heteroatoms. The molecule has 160 valence electrons. The number of aromatic nitrogens is 3. The summed E-state index contributed by atoms with van der Waals surface area (Å²) in [5.74, 6) is 7.24. The van der Waals surface area contributed by atoms with Gasteiger partial charge in [-0.1, -0.05) is 37.0 Å². The molecule has 6 nitrogen and oxygen atoms in total. The Morgan fingerprint density at radius 2 is 2.03 bits per heavy atom. The average molecular weight is 410 g/mol. The second kappa shape index (κ2) is 8.89. The Hall–Kier alpha value is -2.20. The highest BCUT2D eigenvalue weighted by atomic mass is 16.7. The summed E-state index contributed by atoms with van der Waals surface area (Å²) in [6, 6.07) is 6.40. The summed E-state index contributed by atoms with van der Waals surface area (Å²) >= 11 is 0. The van der Waals surface area contributed by atoms with Gasteiger partial charge in [0, 0.05) is 30.4 Å². The first-order valence-electron chi connectivity index (χ1n) is 10.7. The van der Waals surface area contributed by atoms with Crippen molar-refractivity contribution in [1.82, 2.24) is 15.0 Å². The number of benzene rings is 1. The summed E-state index contributed by atoms with van der Waals surface area (Å²) < 4.78 is 19.1. The Balaban J connectivity index is 1.41. The van der Waals surface area contributed by atoms with Crippen LogP contribution in [0, 0.1) is 30.1 Å². The minimum Gasteiger partial charge on any atom is -0.375 e. The van der Waals surface area contributed by atoms with Crippen LogP contribution in [0.4, 0.5) is 0 Å². The van der Waals surface area contributed by atoms with Crippen LogP contribution in [0.1, 0.15) is 55.2 Å². The van der Waals surface area contributed by atoms with Crippen molar-refractivity contribution < 1.29 is 14.2 Å². The van der Waals surface area contributed by atoms with E-state index in [1.807, 2.05) is 6.20 Å². The molecular weight excluding hydrogens is 378 g/mol. The number of rotatable bonds is 6. The molecular formula is C24H31N3O3. The third kappa shape index (κ3) is 5.48. The van der Waals surface area contributed by atoms with Crippen molar-refractivity contribution in [1.29, 1.82) is 0 Å².